The Kier molecular flexibility index (Phi) is 145. The Morgan fingerprint density at radius 2 is 1.60 bits per heavy atom. The second-order valence-corrected chi connectivity index (χ2v) is 0.105. The minimum Gasteiger partial charge on any atom is -1.00 e. The van der Waals surface area contributed by atoms with E-state index in [1.807, 2.05) is 0 Å². The molecule has 0 saturated heterocycles. The molecule has 0 aliphatic carbocycles. The van der Waals surface area contributed by atoms with Crippen molar-refractivity contribution >= 4 is 6.47 Å². The van der Waals surface area contributed by atoms with Crippen LogP contribution in [-0.2, 0) is 4.79 Å². The molecule has 0 aliphatic rings. The van der Waals surface area contributed by atoms with Crippen molar-refractivity contribution in [1.82, 2.24) is 0 Å². The maximum Gasteiger partial charge on any atom is 1.00 e. The molecule has 0 saturated carbocycles. The first kappa shape index (κ1) is 20.0. The monoisotopic (exact) mass is 72.0 g/mol. The standard InChI is InChI=1S/CH2O2.FH.Li/c2-1-3;;/h1H,(H,2,3);1H;/q;;+1/p-1. The summed E-state index contributed by atoms with van der Waals surface area (Å²) in [5.41, 5.74) is 0. The Bertz CT molecular complexity index is 17.1. The molecule has 2 nitrogen and oxygen atoms in total. The van der Waals surface area contributed by atoms with Gasteiger partial charge in [-0.2, -0.15) is 0 Å². The number of rotatable bonds is 0. The topological polar surface area (TPSA) is 37.3 Å². The van der Waals surface area contributed by atoms with Gasteiger partial charge in [0.25, 0.3) is 6.47 Å². The van der Waals surface area contributed by atoms with Gasteiger partial charge in [0.15, 0.2) is 0 Å². The summed E-state index contributed by atoms with van der Waals surface area (Å²) in [5.74, 6) is 0. The van der Waals surface area contributed by atoms with Crippen LogP contribution in [0.1, 0.15) is 0 Å². The largest absolute Gasteiger partial charge is 1.00 e. The zero-order valence-electron chi connectivity index (χ0n) is 2.81. The molecule has 0 aromatic rings. The van der Waals surface area contributed by atoms with Crippen LogP contribution in [0.25, 0.3) is 0 Å². The quantitative estimate of drug-likeness (QED) is 0.228. The fraction of sp³-hybridized carbons (Fsp3) is 0. The average Bonchev–Trinajstić information content (AvgIpc) is 0.918. The summed E-state index contributed by atoms with van der Waals surface area (Å²) < 4.78 is 0. The van der Waals surface area contributed by atoms with E-state index in [1.54, 1.807) is 0 Å². The molecule has 0 amide bonds. The van der Waals surface area contributed by atoms with Gasteiger partial charge in [0, 0.05) is 0 Å². The van der Waals surface area contributed by atoms with Gasteiger partial charge in [-0.05, 0) is 0 Å². The molecular weight excluding hydrogens is 69.9 g/mol. The number of halogens is 1. The van der Waals surface area contributed by atoms with Crippen LogP contribution >= 0.6 is 0 Å². The van der Waals surface area contributed by atoms with E-state index in [9.17, 15) is 0 Å². The molecule has 5 heavy (non-hydrogen) atoms. The first-order valence-electron chi connectivity index (χ1n) is 0.494. The van der Waals surface area contributed by atoms with E-state index in [-0.39, 0.29) is 30.0 Å². The summed E-state index contributed by atoms with van der Waals surface area (Å²) in [6, 6.07) is 0. The molecule has 0 rings (SSSR count). The molecule has 0 aromatic heterocycles. The van der Waals surface area contributed by atoms with Crippen LogP contribution in [0.5, 0.6) is 0 Å². The van der Waals surface area contributed by atoms with Crippen molar-refractivity contribution < 1.29 is 33.5 Å². The van der Waals surface area contributed by atoms with E-state index >= 15 is 0 Å². The molecule has 0 fully saturated rings. The van der Waals surface area contributed by atoms with Crippen molar-refractivity contribution in [1.29, 1.82) is 0 Å². The van der Waals surface area contributed by atoms with Gasteiger partial charge >= 0.3 is 18.9 Å². The van der Waals surface area contributed by atoms with E-state index in [0.29, 0.717) is 0 Å². The van der Waals surface area contributed by atoms with Crippen LogP contribution in [0.3, 0.4) is 0 Å². The molecule has 0 radical (unpaired) electrons. The molecule has 0 atom stereocenters. The minimum absolute atomic E-state index is 0. The van der Waals surface area contributed by atoms with Crippen molar-refractivity contribution in [3.8, 4) is 0 Å². The molecule has 0 aliphatic heterocycles. The van der Waals surface area contributed by atoms with E-state index in [1.165, 1.54) is 0 Å². The van der Waals surface area contributed by atoms with Crippen LogP contribution in [0.2, 0.25) is 0 Å². The second-order valence-electron chi connectivity index (χ2n) is 0.105. The van der Waals surface area contributed by atoms with E-state index < -0.39 is 0 Å². The Balaban J connectivity index is -0.0000000200. The Morgan fingerprint density at radius 1 is 1.60 bits per heavy atom. The number of carboxylic acid groups (broad SMARTS) is 1. The summed E-state index contributed by atoms with van der Waals surface area (Å²) in [6.45, 7) is -0.250. The Morgan fingerprint density at radius 3 is 1.60 bits per heavy atom. The van der Waals surface area contributed by atoms with Gasteiger partial charge in [-0.25, -0.2) is 0 Å². The molecule has 0 spiro atoms. The van der Waals surface area contributed by atoms with Crippen molar-refractivity contribution in [3.63, 3.8) is 0 Å². The van der Waals surface area contributed by atoms with Gasteiger partial charge in [-0.1, -0.05) is 0 Å². The Labute approximate surface area is 40.7 Å². The summed E-state index contributed by atoms with van der Waals surface area (Å²) in [7, 11) is 0. The van der Waals surface area contributed by atoms with Crippen molar-refractivity contribution in [2.45, 2.75) is 0 Å². The smallest absolute Gasteiger partial charge is 1.00 e. The zero-order chi connectivity index (χ0) is 2.71. The zero-order valence-corrected chi connectivity index (χ0v) is 2.81. The summed E-state index contributed by atoms with van der Waals surface area (Å²) >= 11 is 0. The number of hydrogen-bond acceptors (Lipinski definition) is 1. The van der Waals surface area contributed by atoms with Crippen LogP contribution in [0, 0.1) is 0 Å². The number of hydrogen-bond donors (Lipinski definition) is 1. The Hall–Kier alpha value is -0.00260. The van der Waals surface area contributed by atoms with Crippen LogP contribution < -0.4 is 23.6 Å². The first-order valence-corrected chi connectivity index (χ1v) is 0.494. The third kappa shape index (κ3) is 2360000. The number of carbonyl (C=O) groups is 1. The van der Waals surface area contributed by atoms with E-state index in [0.717, 1.165) is 0 Å². The van der Waals surface area contributed by atoms with Gasteiger partial charge in [-0.15, -0.1) is 0 Å². The van der Waals surface area contributed by atoms with Crippen molar-refractivity contribution in [2.75, 3.05) is 0 Å². The second kappa shape index (κ2) is 36.1. The van der Waals surface area contributed by atoms with Gasteiger partial charge < -0.3 is 9.81 Å². The molecular formula is CH2FLiO2. The molecule has 0 heterocycles. The minimum atomic E-state index is -0.250. The first-order chi connectivity index (χ1) is 1.41. The fourth-order valence-corrected chi connectivity index (χ4v) is 0. The summed E-state index contributed by atoms with van der Waals surface area (Å²) in [4.78, 5) is 8.36. The third-order valence-corrected chi connectivity index (χ3v) is 0. The molecule has 4 heteroatoms. The van der Waals surface area contributed by atoms with Crippen molar-refractivity contribution in [3.05, 3.63) is 0 Å². The van der Waals surface area contributed by atoms with Crippen LogP contribution in [0.4, 0.5) is 0 Å². The van der Waals surface area contributed by atoms with Crippen LogP contribution in [0.15, 0.2) is 0 Å². The molecule has 26 valence electrons. The molecule has 0 aromatic carbocycles. The van der Waals surface area contributed by atoms with Gasteiger partial charge in [-0.3, -0.25) is 4.79 Å². The maximum absolute atomic E-state index is 8.36. The van der Waals surface area contributed by atoms with Crippen molar-refractivity contribution in [2.24, 2.45) is 0 Å². The van der Waals surface area contributed by atoms with E-state index in [2.05, 4.69) is 0 Å². The fourth-order valence-electron chi connectivity index (χ4n) is 0. The molecule has 0 bridgehead atoms. The van der Waals surface area contributed by atoms with Gasteiger partial charge in [0.2, 0.25) is 0 Å². The average molecular weight is 72.0 g/mol. The van der Waals surface area contributed by atoms with E-state index in [4.69, 9.17) is 9.90 Å². The summed E-state index contributed by atoms with van der Waals surface area (Å²) in [6.07, 6.45) is 0. The molecule has 1 N–H and O–H groups in total. The van der Waals surface area contributed by atoms with Crippen LogP contribution in [-0.4, -0.2) is 11.6 Å². The SMILES string of the molecule is O=CO.[F-].[Li+]. The maximum atomic E-state index is 8.36. The predicted molar refractivity (Wildman–Crippen MR) is 8.69 cm³/mol. The van der Waals surface area contributed by atoms with Gasteiger partial charge in [0.05, 0.1) is 0 Å². The molecule has 0 unspecified atom stereocenters. The normalized spacial score (nSPS) is 2.40. The third-order valence-electron chi connectivity index (χ3n) is 0. The summed E-state index contributed by atoms with van der Waals surface area (Å²) in [5, 5.41) is 6.89. The predicted octanol–water partition coefficient (Wildman–Crippen LogP) is -6.29. The van der Waals surface area contributed by atoms with Gasteiger partial charge in [0.1, 0.15) is 0 Å².